The lowest BCUT2D eigenvalue weighted by molar-refractivity contribution is 0.100. The third-order valence-corrected chi connectivity index (χ3v) is 4.06. The molecule has 0 spiro atoms. The van der Waals surface area contributed by atoms with Gasteiger partial charge in [0, 0.05) is 16.9 Å². The lowest BCUT2D eigenvalue weighted by atomic mass is 10.1. The second kappa shape index (κ2) is 7.97. The highest BCUT2D eigenvalue weighted by Gasteiger charge is 2.12. The van der Waals surface area contributed by atoms with Crippen LogP contribution in [0.5, 0.6) is 0 Å². The molecule has 1 heterocycles. The molecule has 0 aliphatic rings. The summed E-state index contributed by atoms with van der Waals surface area (Å²) in [6.07, 6.45) is 0. The summed E-state index contributed by atoms with van der Waals surface area (Å²) in [6, 6.07) is 15.5. The molecule has 3 rings (SSSR count). The van der Waals surface area contributed by atoms with E-state index in [4.69, 9.17) is 11.6 Å². The van der Waals surface area contributed by atoms with Gasteiger partial charge in [0.15, 0.2) is 5.78 Å². The molecule has 136 valence electrons. The summed E-state index contributed by atoms with van der Waals surface area (Å²) < 4.78 is 0. The summed E-state index contributed by atoms with van der Waals surface area (Å²) in [5.41, 5.74) is 2.51. The average Bonchev–Trinajstić information content (AvgIpc) is 2.63. The molecule has 0 saturated carbocycles. The number of rotatable bonds is 5. The number of nitrogens with one attached hydrogen (secondary N) is 2. The molecule has 0 aliphatic heterocycles. The fraction of sp³-hybridized carbons (Fsp3) is 0.100. The maximum atomic E-state index is 12.6. The summed E-state index contributed by atoms with van der Waals surface area (Å²) in [5.74, 6) is -0.204. The number of anilines is 3. The van der Waals surface area contributed by atoms with Crippen LogP contribution in [0, 0.1) is 6.92 Å². The number of carbonyl (C=O) groups excluding carboxylic acids is 2. The van der Waals surface area contributed by atoms with Gasteiger partial charge in [-0.3, -0.25) is 9.59 Å². The first kappa shape index (κ1) is 18.5. The third-order valence-electron chi connectivity index (χ3n) is 3.73. The largest absolute Gasteiger partial charge is 0.323 e. The van der Waals surface area contributed by atoms with Crippen molar-refractivity contribution in [2.45, 2.75) is 13.8 Å². The van der Waals surface area contributed by atoms with Crippen molar-refractivity contribution in [3.8, 4) is 0 Å². The average molecular weight is 381 g/mol. The van der Waals surface area contributed by atoms with Gasteiger partial charge in [-0.2, -0.15) is 0 Å². The van der Waals surface area contributed by atoms with E-state index in [-0.39, 0.29) is 17.4 Å². The molecular weight excluding hydrogens is 364 g/mol. The minimum atomic E-state index is -0.400. The Morgan fingerprint density at radius 3 is 2.52 bits per heavy atom. The Kier molecular flexibility index (Phi) is 5.47. The zero-order valence-electron chi connectivity index (χ0n) is 14.8. The Balaban J connectivity index is 1.83. The second-order valence-electron chi connectivity index (χ2n) is 5.91. The Morgan fingerprint density at radius 2 is 1.78 bits per heavy atom. The number of carbonyl (C=O) groups is 2. The molecule has 0 saturated heterocycles. The molecule has 0 bridgehead atoms. The molecule has 27 heavy (non-hydrogen) atoms. The first-order chi connectivity index (χ1) is 12.9. The number of para-hydroxylation sites is 1. The van der Waals surface area contributed by atoms with E-state index in [0.717, 1.165) is 0 Å². The van der Waals surface area contributed by atoms with Crippen molar-refractivity contribution in [3.05, 3.63) is 76.6 Å². The van der Waals surface area contributed by atoms with Crippen LogP contribution < -0.4 is 10.6 Å². The van der Waals surface area contributed by atoms with Crippen LogP contribution in [0.1, 0.15) is 33.5 Å². The smallest absolute Gasteiger partial charge is 0.274 e. The molecular formula is C20H17ClN4O2. The van der Waals surface area contributed by atoms with Gasteiger partial charge in [0.2, 0.25) is 5.95 Å². The predicted octanol–water partition coefficient (Wildman–Crippen LogP) is 4.64. The highest BCUT2D eigenvalue weighted by atomic mass is 35.5. The lowest BCUT2D eigenvalue weighted by Gasteiger charge is -2.10. The minimum Gasteiger partial charge on any atom is -0.323 e. The number of Topliss-reactive ketones (excluding diaryl/α,β-unsaturated/α-hetero) is 1. The molecule has 1 amide bonds. The van der Waals surface area contributed by atoms with E-state index in [2.05, 4.69) is 20.6 Å². The summed E-state index contributed by atoms with van der Waals surface area (Å²) >= 11 is 6.14. The van der Waals surface area contributed by atoms with Crippen LogP contribution in [0.15, 0.2) is 54.6 Å². The van der Waals surface area contributed by atoms with Crippen molar-refractivity contribution < 1.29 is 9.59 Å². The van der Waals surface area contributed by atoms with Gasteiger partial charge in [0.05, 0.1) is 10.7 Å². The number of ketones is 1. The van der Waals surface area contributed by atoms with Crippen molar-refractivity contribution in [2.24, 2.45) is 0 Å². The number of aryl methyl sites for hydroxylation is 1. The summed E-state index contributed by atoms with van der Waals surface area (Å²) in [7, 11) is 0. The summed E-state index contributed by atoms with van der Waals surface area (Å²) in [6.45, 7) is 3.24. The van der Waals surface area contributed by atoms with Crippen molar-refractivity contribution >= 4 is 40.6 Å². The Hall–Kier alpha value is -3.25. The summed E-state index contributed by atoms with van der Waals surface area (Å²) in [4.78, 5) is 32.6. The van der Waals surface area contributed by atoms with Crippen molar-refractivity contribution in [1.29, 1.82) is 0 Å². The molecule has 7 heteroatoms. The second-order valence-corrected chi connectivity index (χ2v) is 6.32. The Morgan fingerprint density at radius 1 is 1.00 bits per heavy atom. The molecule has 3 aromatic rings. The normalized spacial score (nSPS) is 10.3. The van der Waals surface area contributed by atoms with Crippen LogP contribution >= 0.6 is 11.6 Å². The van der Waals surface area contributed by atoms with Gasteiger partial charge in [-0.25, -0.2) is 9.97 Å². The molecule has 0 fully saturated rings. The number of amides is 1. The molecule has 2 N–H and O–H groups in total. The van der Waals surface area contributed by atoms with E-state index in [1.807, 2.05) is 12.1 Å². The number of aromatic nitrogens is 2. The van der Waals surface area contributed by atoms with Gasteiger partial charge in [-0.05, 0) is 44.2 Å². The SMILES string of the molecule is CC(=O)c1cccc(NC(=O)c2cc(C)nc(Nc3ccccc3Cl)n2)c1. The van der Waals surface area contributed by atoms with E-state index in [0.29, 0.717) is 27.7 Å². The zero-order valence-corrected chi connectivity index (χ0v) is 15.5. The highest BCUT2D eigenvalue weighted by Crippen LogP contribution is 2.23. The van der Waals surface area contributed by atoms with Crippen LogP contribution in [0.25, 0.3) is 0 Å². The molecule has 6 nitrogen and oxygen atoms in total. The van der Waals surface area contributed by atoms with E-state index in [1.54, 1.807) is 49.4 Å². The number of hydrogen-bond donors (Lipinski definition) is 2. The van der Waals surface area contributed by atoms with Crippen LogP contribution in [0.2, 0.25) is 5.02 Å². The maximum Gasteiger partial charge on any atom is 0.274 e. The molecule has 0 aliphatic carbocycles. The highest BCUT2D eigenvalue weighted by molar-refractivity contribution is 6.33. The van der Waals surface area contributed by atoms with Crippen molar-refractivity contribution in [3.63, 3.8) is 0 Å². The van der Waals surface area contributed by atoms with Gasteiger partial charge >= 0.3 is 0 Å². The molecule has 0 atom stereocenters. The molecule has 2 aromatic carbocycles. The van der Waals surface area contributed by atoms with Gasteiger partial charge in [0.1, 0.15) is 5.69 Å². The van der Waals surface area contributed by atoms with E-state index in [1.165, 1.54) is 6.92 Å². The van der Waals surface area contributed by atoms with E-state index in [9.17, 15) is 9.59 Å². The van der Waals surface area contributed by atoms with Crippen LogP contribution in [-0.4, -0.2) is 21.7 Å². The Labute approximate surface area is 161 Å². The fourth-order valence-electron chi connectivity index (χ4n) is 2.43. The first-order valence-electron chi connectivity index (χ1n) is 8.22. The van der Waals surface area contributed by atoms with Gasteiger partial charge in [-0.1, -0.05) is 35.9 Å². The minimum absolute atomic E-state index is 0.0739. The van der Waals surface area contributed by atoms with E-state index >= 15 is 0 Å². The van der Waals surface area contributed by atoms with E-state index < -0.39 is 5.91 Å². The quantitative estimate of drug-likeness (QED) is 0.630. The summed E-state index contributed by atoms with van der Waals surface area (Å²) in [5, 5.41) is 6.29. The molecule has 0 radical (unpaired) electrons. The van der Waals surface area contributed by atoms with Crippen molar-refractivity contribution in [2.75, 3.05) is 10.6 Å². The van der Waals surface area contributed by atoms with Gasteiger partial charge < -0.3 is 10.6 Å². The van der Waals surface area contributed by atoms with Crippen LogP contribution in [0.4, 0.5) is 17.3 Å². The lowest BCUT2D eigenvalue weighted by Crippen LogP contribution is -2.15. The van der Waals surface area contributed by atoms with Crippen LogP contribution in [-0.2, 0) is 0 Å². The van der Waals surface area contributed by atoms with Crippen LogP contribution in [0.3, 0.4) is 0 Å². The fourth-order valence-corrected chi connectivity index (χ4v) is 2.62. The number of benzene rings is 2. The molecule has 0 unspecified atom stereocenters. The third kappa shape index (κ3) is 4.68. The number of halogens is 1. The first-order valence-corrected chi connectivity index (χ1v) is 8.60. The number of hydrogen-bond acceptors (Lipinski definition) is 5. The Bertz CT molecular complexity index is 1020. The van der Waals surface area contributed by atoms with Crippen molar-refractivity contribution in [1.82, 2.24) is 9.97 Å². The standard InChI is InChI=1S/C20H17ClN4O2/c1-12-10-18(19(27)23-15-7-5-6-14(11-15)13(2)26)25-20(22-12)24-17-9-4-3-8-16(17)21/h3-11H,1-2H3,(H,23,27)(H,22,24,25). The maximum absolute atomic E-state index is 12.6. The monoisotopic (exact) mass is 380 g/mol. The number of nitrogens with zero attached hydrogens (tertiary/aromatic N) is 2. The van der Waals surface area contributed by atoms with Gasteiger partial charge in [-0.15, -0.1) is 0 Å². The molecule has 1 aromatic heterocycles. The predicted molar refractivity (Wildman–Crippen MR) is 106 cm³/mol. The zero-order chi connectivity index (χ0) is 19.4. The van der Waals surface area contributed by atoms with Gasteiger partial charge in [0.25, 0.3) is 5.91 Å². The topological polar surface area (TPSA) is 84.0 Å².